The van der Waals surface area contributed by atoms with Gasteiger partial charge in [0.15, 0.2) is 6.10 Å². The van der Waals surface area contributed by atoms with Gasteiger partial charge in [-0.2, -0.15) is 0 Å². The van der Waals surface area contributed by atoms with E-state index in [1.54, 1.807) is 0 Å². The smallest absolute Gasteiger partial charge is 0.306 e. The van der Waals surface area contributed by atoms with Gasteiger partial charge in [0.2, 0.25) is 0 Å². The monoisotopic (exact) mass is 709 g/mol. The summed E-state index contributed by atoms with van der Waals surface area (Å²) in [6, 6.07) is 0. The van der Waals surface area contributed by atoms with Gasteiger partial charge in [0.1, 0.15) is 13.2 Å². The van der Waals surface area contributed by atoms with Gasteiger partial charge in [-0.25, -0.2) is 0 Å². The minimum Gasteiger partial charge on any atom is -0.462 e. The Morgan fingerprint density at radius 1 is 0.420 bits per heavy atom. The summed E-state index contributed by atoms with van der Waals surface area (Å²) in [7, 11) is 0. The van der Waals surface area contributed by atoms with E-state index in [4.69, 9.17) is 14.2 Å². The van der Waals surface area contributed by atoms with E-state index in [1.165, 1.54) is 116 Å². The fourth-order valence-electron chi connectivity index (χ4n) is 6.37. The van der Waals surface area contributed by atoms with E-state index in [0.29, 0.717) is 19.3 Å². The first-order chi connectivity index (χ1) is 24.3. The zero-order chi connectivity index (χ0) is 36.9. The highest BCUT2D eigenvalue weighted by molar-refractivity contribution is 5.71. The number of carbonyl (C=O) groups is 3. The highest BCUT2D eigenvalue weighted by Gasteiger charge is 2.19. The van der Waals surface area contributed by atoms with Crippen molar-refractivity contribution in [1.82, 2.24) is 0 Å². The summed E-state index contributed by atoms with van der Waals surface area (Å²) in [6.07, 6.45) is 34.0. The van der Waals surface area contributed by atoms with Crippen molar-refractivity contribution in [3.63, 3.8) is 0 Å². The predicted octanol–water partition coefficient (Wildman–Crippen LogP) is 13.4. The Balaban J connectivity index is 4.21. The molecule has 0 saturated carbocycles. The summed E-state index contributed by atoms with van der Waals surface area (Å²) in [5.74, 6) is 0.804. The third-order valence-corrected chi connectivity index (χ3v) is 10.1. The second kappa shape index (κ2) is 37.2. The van der Waals surface area contributed by atoms with Crippen molar-refractivity contribution in [3.8, 4) is 0 Å². The second-order valence-electron chi connectivity index (χ2n) is 15.7. The zero-order valence-corrected chi connectivity index (χ0v) is 34.0. The first-order valence-electron chi connectivity index (χ1n) is 21.8. The van der Waals surface area contributed by atoms with Crippen LogP contribution in [0.3, 0.4) is 0 Å². The normalized spacial score (nSPS) is 12.6. The average molecular weight is 709 g/mol. The molecule has 0 amide bonds. The van der Waals surface area contributed by atoms with Crippen LogP contribution in [0, 0.1) is 11.8 Å². The highest BCUT2D eigenvalue weighted by Crippen LogP contribution is 2.17. The van der Waals surface area contributed by atoms with Crippen molar-refractivity contribution in [2.24, 2.45) is 11.8 Å². The number of unbranched alkanes of at least 4 members (excludes halogenated alkanes) is 22. The van der Waals surface area contributed by atoms with Crippen LogP contribution in [-0.2, 0) is 28.6 Å². The zero-order valence-electron chi connectivity index (χ0n) is 34.0. The van der Waals surface area contributed by atoms with Crippen LogP contribution in [0.15, 0.2) is 0 Å². The van der Waals surface area contributed by atoms with Gasteiger partial charge < -0.3 is 14.2 Å². The van der Waals surface area contributed by atoms with Gasteiger partial charge in [-0.3, -0.25) is 14.4 Å². The fraction of sp³-hybridized carbons (Fsp3) is 0.932. The Bertz CT molecular complexity index is 766. The van der Waals surface area contributed by atoms with E-state index in [1.807, 2.05) is 0 Å². The molecule has 0 aliphatic carbocycles. The molecule has 0 fully saturated rings. The lowest BCUT2D eigenvalue weighted by Crippen LogP contribution is -2.30. The van der Waals surface area contributed by atoms with E-state index in [9.17, 15) is 14.4 Å². The summed E-state index contributed by atoms with van der Waals surface area (Å²) < 4.78 is 16.6. The van der Waals surface area contributed by atoms with Crippen LogP contribution in [0.5, 0.6) is 0 Å². The van der Waals surface area contributed by atoms with Crippen LogP contribution in [0.1, 0.15) is 234 Å². The third kappa shape index (κ3) is 36.2. The topological polar surface area (TPSA) is 78.9 Å². The largest absolute Gasteiger partial charge is 0.462 e. The van der Waals surface area contributed by atoms with Gasteiger partial charge in [-0.05, 0) is 31.1 Å². The second-order valence-corrected chi connectivity index (χ2v) is 15.7. The number of hydrogen-bond acceptors (Lipinski definition) is 6. The minimum absolute atomic E-state index is 0.0664. The third-order valence-electron chi connectivity index (χ3n) is 10.1. The number of carbonyl (C=O) groups excluding carboxylic acids is 3. The summed E-state index contributed by atoms with van der Waals surface area (Å²) in [5, 5.41) is 0. The molecule has 1 unspecified atom stereocenters. The molecule has 0 bridgehead atoms. The maximum Gasteiger partial charge on any atom is 0.306 e. The average Bonchev–Trinajstić information content (AvgIpc) is 3.09. The van der Waals surface area contributed by atoms with E-state index in [2.05, 4.69) is 34.6 Å². The SMILES string of the molecule is CCCCCCCC(=O)OC[C@@H](COC(=O)CCCCCCCCCCCCCCC(C)C)OC(=O)CCCCCCCCCCC(C)CC. The first-order valence-corrected chi connectivity index (χ1v) is 21.8. The molecule has 0 rings (SSSR count). The molecular weight excluding hydrogens is 624 g/mol. The van der Waals surface area contributed by atoms with Gasteiger partial charge >= 0.3 is 17.9 Å². The van der Waals surface area contributed by atoms with Crippen molar-refractivity contribution in [2.75, 3.05) is 13.2 Å². The summed E-state index contributed by atoms with van der Waals surface area (Å²) in [5.41, 5.74) is 0. The summed E-state index contributed by atoms with van der Waals surface area (Å²) in [6.45, 7) is 11.3. The van der Waals surface area contributed by atoms with Crippen molar-refractivity contribution >= 4 is 17.9 Å². The molecule has 0 aromatic heterocycles. The lowest BCUT2D eigenvalue weighted by Gasteiger charge is -2.18. The molecule has 0 aliphatic heterocycles. The molecule has 0 aliphatic rings. The van der Waals surface area contributed by atoms with Crippen LogP contribution < -0.4 is 0 Å². The lowest BCUT2D eigenvalue weighted by molar-refractivity contribution is -0.167. The van der Waals surface area contributed by atoms with Crippen LogP contribution in [-0.4, -0.2) is 37.2 Å². The molecule has 0 aromatic rings. The Morgan fingerprint density at radius 2 is 0.760 bits per heavy atom. The van der Waals surface area contributed by atoms with E-state index >= 15 is 0 Å². The minimum atomic E-state index is -0.758. The summed E-state index contributed by atoms with van der Waals surface area (Å²) >= 11 is 0. The molecule has 0 radical (unpaired) electrons. The Morgan fingerprint density at radius 3 is 1.14 bits per heavy atom. The maximum absolute atomic E-state index is 12.6. The molecule has 0 saturated heterocycles. The first kappa shape index (κ1) is 48.4. The van der Waals surface area contributed by atoms with Crippen LogP contribution in [0.25, 0.3) is 0 Å². The molecule has 0 spiro atoms. The van der Waals surface area contributed by atoms with E-state index in [-0.39, 0.29) is 31.1 Å². The van der Waals surface area contributed by atoms with Gasteiger partial charge in [-0.1, -0.05) is 195 Å². The molecular formula is C44H84O6. The molecule has 50 heavy (non-hydrogen) atoms. The van der Waals surface area contributed by atoms with Crippen LogP contribution in [0.2, 0.25) is 0 Å². The van der Waals surface area contributed by atoms with Crippen LogP contribution in [0.4, 0.5) is 0 Å². The van der Waals surface area contributed by atoms with E-state index in [0.717, 1.165) is 76.0 Å². The van der Waals surface area contributed by atoms with E-state index < -0.39 is 6.10 Å². The maximum atomic E-state index is 12.6. The van der Waals surface area contributed by atoms with Gasteiger partial charge in [0.05, 0.1) is 0 Å². The van der Waals surface area contributed by atoms with Gasteiger partial charge in [-0.15, -0.1) is 0 Å². The Hall–Kier alpha value is -1.59. The predicted molar refractivity (Wildman–Crippen MR) is 210 cm³/mol. The Labute approximate surface area is 310 Å². The molecule has 6 heteroatoms. The van der Waals surface area contributed by atoms with Crippen molar-refractivity contribution < 1.29 is 28.6 Å². The Kier molecular flexibility index (Phi) is 36.0. The van der Waals surface area contributed by atoms with Crippen molar-refractivity contribution in [3.05, 3.63) is 0 Å². The quantitative estimate of drug-likeness (QED) is 0.0361. The molecule has 6 nitrogen and oxygen atoms in total. The van der Waals surface area contributed by atoms with Gasteiger partial charge in [0.25, 0.3) is 0 Å². The number of hydrogen-bond donors (Lipinski definition) is 0. The summed E-state index contributed by atoms with van der Waals surface area (Å²) in [4.78, 5) is 37.4. The molecule has 0 aromatic carbocycles. The standard InChI is InChI=1S/C44H84O6/c1-6-8-9-22-29-34-42(45)48-37-41(50-44(47)36-31-26-21-17-16-19-24-28-33-40(5)7-2)38-49-43(46)35-30-25-20-15-13-11-10-12-14-18-23-27-32-39(3)4/h39-41H,6-38H2,1-5H3/t40?,41-/m0/s1. The lowest BCUT2D eigenvalue weighted by atomic mass is 9.99. The van der Waals surface area contributed by atoms with Crippen molar-refractivity contribution in [1.29, 1.82) is 0 Å². The molecule has 296 valence electrons. The van der Waals surface area contributed by atoms with Crippen molar-refractivity contribution in [2.45, 2.75) is 240 Å². The number of ether oxygens (including phenoxy) is 3. The van der Waals surface area contributed by atoms with Gasteiger partial charge in [0, 0.05) is 19.3 Å². The fourth-order valence-corrected chi connectivity index (χ4v) is 6.37. The molecule has 0 heterocycles. The number of rotatable bonds is 38. The highest BCUT2D eigenvalue weighted by atomic mass is 16.6. The number of esters is 3. The molecule has 0 N–H and O–H groups in total. The molecule has 2 atom stereocenters. The van der Waals surface area contributed by atoms with Crippen LogP contribution >= 0.6 is 0 Å².